The van der Waals surface area contributed by atoms with Crippen LogP contribution in [0, 0.1) is 6.92 Å². The highest BCUT2D eigenvalue weighted by atomic mass is 16.5. The lowest BCUT2D eigenvalue weighted by atomic mass is 10.1. The van der Waals surface area contributed by atoms with Gasteiger partial charge in [-0.1, -0.05) is 35.9 Å². The number of carbonyl (C=O) groups is 1. The van der Waals surface area contributed by atoms with Crippen molar-refractivity contribution in [1.82, 2.24) is 5.32 Å². The molecular weight excluding hydrogens is 342 g/mol. The third-order valence-corrected chi connectivity index (χ3v) is 4.65. The summed E-state index contributed by atoms with van der Waals surface area (Å²) in [7, 11) is 1.62. The first-order valence-corrected chi connectivity index (χ1v) is 9.37. The highest BCUT2D eigenvalue weighted by Gasteiger charge is 2.17. The normalized spacial score (nSPS) is 16.1. The molecule has 2 aromatic carbocycles. The second kappa shape index (κ2) is 9.42. The van der Waals surface area contributed by atoms with E-state index in [1.54, 1.807) is 7.11 Å². The Kier molecular flexibility index (Phi) is 6.71. The minimum Gasteiger partial charge on any atom is -0.493 e. The van der Waals surface area contributed by atoms with Gasteiger partial charge in [-0.25, -0.2) is 0 Å². The van der Waals surface area contributed by atoms with Crippen LogP contribution in [0.2, 0.25) is 0 Å². The topological polar surface area (TPSA) is 56.8 Å². The van der Waals surface area contributed by atoms with Gasteiger partial charge in [-0.15, -0.1) is 0 Å². The van der Waals surface area contributed by atoms with E-state index >= 15 is 0 Å². The smallest absolute Gasteiger partial charge is 0.224 e. The van der Waals surface area contributed by atoms with Crippen LogP contribution in [0.25, 0.3) is 0 Å². The minimum atomic E-state index is -0.00321. The van der Waals surface area contributed by atoms with Gasteiger partial charge in [0.1, 0.15) is 6.61 Å². The van der Waals surface area contributed by atoms with Crippen LogP contribution >= 0.6 is 0 Å². The molecule has 0 spiro atoms. The van der Waals surface area contributed by atoms with Crippen molar-refractivity contribution in [2.24, 2.45) is 0 Å². The highest BCUT2D eigenvalue weighted by molar-refractivity contribution is 5.78. The number of rotatable bonds is 8. The van der Waals surface area contributed by atoms with Crippen molar-refractivity contribution in [3.63, 3.8) is 0 Å². The van der Waals surface area contributed by atoms with Gasteiger partial charge in [0.05, 0.1) is 19.6 Å². The molecule has 27 heavy (non-hydrogen) atoms. The molecule has 1 aliphatic rings. The van der Waals surface area contributed by atoms with E-state index in [9.17, 15) is 4.79 Å². The first-order chi connectivity index (χ1) is 13.1. The Bertz CT molecular complexity index is 751. The monoisotopic (exact) mass is 369 g/mol. The van der Waals surface area contributed by atoms with Gasteiger partial charge in [-0.05, 0) is 43.0 Å². The van der Waals surface area contributed by atoms with E-state index in [2.05, 4.69) is 5.32 Å². The Morgan fingerprint density at radius 1 is 1.15 bits per heavy atom. The molecule has 0 bridgehead atoms. The van der Waals surface area contributed by atoms with Gasteiger partial charge in [-0.3, -0.25) is 4.79 Å². The lowest BCUT2D eigenvalue weighted by molar-refractivity contribution is -0.120. The van der Waals surface area contributed by atoms with Gasteiger partial charge in [0, 0.05) is 13.2 Å². The largest absolute Gasteiger partial charge is 0.493 e. The molecule has 0 aromatic heterocycles. The van der Waals surface area contributed by atoms with Crippen LogP contribution in [0.3, 0.4) is 0 Å². The quantitative estimate of drug-likeness (QED) is 0.775. The van der Waals surface area contributed by atoms with Crippen LogP contribution in [0.15, 0.2) is 42.5 Å². The molecule has 1 atom stereocenters. The van der Waals surface area contributed by atoms with E-state index in [4.69, 9.17) is 14.2 Å². The van der Waals surface area contributed by atoms with Crippen LogP contribution in [0.5, 0.6) is 11.5 Å². The summed E-state index contributed by atoms with van der Waals surface area (Å²) in [5.41, 5.74) is 3.16. The van der Waals surface area contributed by atoms with Gasteiger partial charge in [-0.2, -0.15) is 0 Å². The van der Waals surface area contributed by atoms with Crippen LogP contribution in [0.1, 0.15) is 29.5 Å². The van der Waals surface area contributed by atoms with Crippen LogP contribution < -0.4 is 14.8 Å². The van der Waals surface area contributed by atoms with Crippen molar-refractivity contribution in [2.45, 2.75) is 38.8 Å². The molecule has 3 rings (SSSR count). The number of aryl methyl sites for hydroxylation is 1. The third-order valence-electron chi connectivity index (χ3n) is 4.65. The summed E-state index contributed by atoms with van der Waals surface area (Å²) in [5, 5.41) is 2.95. The fraction of sp³-hybridized carbons (Fsp3) is 0.409. The predicted octanol–water partition coefficient (Wildman–Crippen LogP) is 3.42. The van der Waals surface area contributed by atoms with E-state index in [0.717, 1.165) is 30.6 Å². The number of amides is 1. The zero-order chi connectivity index (χ0) is 19.1. The molecule has 1 aliphatic heterocycles. The Hall–Kier alpha value is -2.53. The minimum absolute atomic E-state index is 0.00321. The maximum Gasteiger partial charge on any atom is 0.224 e. The van der Waals surface area contributed by atoms with E-state index in [0.29, 0.717) is 31.1 Å². The third kappa shape index (κ3) is 5.73. The number of hydrogen-bond donors (Lipinski definition) is 1. The molecule has 0 saturated carbocycles. The van der Waals surface area contributed by atoms with Crippen LogP contribution in [-0.4, -0.2) is 32.3 Å². The van der Waals surface area contributed by atoms with Gasteiger partial charge < -0.3 is 19.5 Å². The summed E-state index contributed by atoms with van der Waals surface area (Å²) < 4.78 is 16.9. The van der Waals surface area contributed by atoms with E-state index < -0.39 is 0 Å². The van der Waals surface area contributed by atoms with Crippen LogP contribution in [0.4, 0.5) is 0 Å². The molecule has 5 heteroatoms. The van der Waals surface area contributed by atoms with Crippen molar-refractivity contribution in [1.29, 1.82) is 0 Å². The van der Waals surface area contributed by atoms with Crippen molar-refractivity contribution < 1.29 is 19.0 Å². The Morgan fingerprint density at radius 2 is 1.93 bits per heavy atom. The molecule has 1 heterocycles. The molecule has 0 unspecified atom stereocenters. The summed E-state index contributed by atoms with van der Waals surface area (Å²) in [6, 6.07) is 13.7. The lowest BCUT2D eigenvalue weighted by Gasteiger charge is -2.15. The van der Waals surface area contributed by atoms with Crippen molar-refractivity contribution in [3.05, 3.63) is 59.2 Å². The zero-order valence-corrected chi connectivity index (χ0v) is 16.0. The Balaban J connectivity index is 1.51. The number of carbonyl (C=O) groups excluding carboxylic acids is 1. The van der Waals surface area contributed by atoms with Gasteiger partial charge in [0.25, 0.3) is 0 Å². The maximum absolute atomic E-state index is 12.2. The average molecular weight is 369 g/mol. The summed E-state index contributed by atoms with van der Waals surface area (Å²) in [4.78, 5) is 12.2. The zero-order valence-electron chi connectivity index (χ0n) is 16.0. The maximum atomic E-state index is 12.2. The number of ether oxygens (including phenoxy) is 3. The standard InChI is InChI=1S/C22H27NO4/c1-16-5-7-17(8-6-16)13-22(24)23-14-18-9-10-20(21(12-18)25-2)27-15-19-4-3-11-26-19/h5-10,12,19H,3-4,11,13-15H2,1-2H3,(H,23,24)/t19-/m1/s1. The summed E-state index contributed by atoms with van der Waals surface area (Å²) in [5.74, 6) is 1.36. The molecule has 144 valence electrons. The van der Waals surface area contributed by atoms with Gasteiger partial charge >= 0.3 is 0 Å². The molecule has 1 amide bonds. The lowest BCUT2D eigenvalue weighted by Crippen LogP contribution is -2.24. The van der Waals surface area contributed by atoms with Crippen LogP contribution in [-0.2, 0) is 22.5 Å². The SMILES string of the molecule is COc1cc(CNC(=O)Cc2ccc(C)cc2)ccc1OC[C@H]1CCCO1. The fourth-order valence-corrected chi connectivity index (χ4v) is 3.05. The van der Waals surface area contributed by atoms with Crippen molar-refractivity contribution in [3.8, 4) is 11.5 Å². The summed E-state index contributed by atoms with van der Waals surface area (Å²) >= 11 is 0. The second-order valence-electron chi connectivity index (χ2n) is 6.87. The van der Waals surface area contributed by atoms with Gasteiger partial charge in [0.15, 0.2) is 11.5 Å². The predicted molar refractivity (Wildman–Crippen MR) is 104 cm³/mol. The number of methoxy groups -OCH3 is 1. The molecule has 0 aliphatic carbocycles. The first kappa shape index (κ1) is 19.2. The number of nitrogens with one attached hydrogen (secondary N) is 1. The molecular formula is C22H27NO4. The molecule has 1 fully saturated rings. The number of hydrogen-bond acceptors (Lipinski definition) is 4. The van der Waals surface area contributed by atoms with E-state index in [1.807, 2.05) is 49.4 Å². The molecule has 5 nitrogen and oxygen atoms in total. The van der Waals surface area contributed by atoms with Crippen molar-refractivity contribution in [2.75, 3.05) is 20.3 Å². The van der Waals surface area contributed by atoms with Gasteiger partial charge in [0.2, 0.25) is 5.91 Å². The first-order valence-electron chi connectivity index (χ1n) is 9.37. The van der Waals surface area contributed by atoms with E-state index in [-0.39, 0.29) is 12.0 Å². The van der Waals surface area contributed by atoms with Crippen molar-refractivity contribution >= 4 is 5.91 Å². The molecule has 0 radical (unpaired) electrons. The van der Waals surface area contributed by atoms with E-state index in [1.165, 1.54) is 5.56 Å². The molecule has 1 N–H and O–H groups in total. The second-order valence-corrected chi connectivity index (χ2v) is 6.87. The highest BCUT2D eigenvalue weighted by Crippen LogP contribution is 2.29. The Labute approximate surface area is 160 Å². The fourth-order valence-electron chi connectivity index (χ4n) is 3.05. The number of benzene rings is 2. The molecule has 2 aromatic rings. The summed E-state index contributed by atoms with van der Waals surface area (Å²) in [6.45, 7) is 3.83. The summed E-state index contributed by atoms with van der Waals surface area (Å²) in [6.07, 6.45) is 2.66. The Morgan fingerprint density at radius 3 is 2.63 bits per heavy atom. The molecule has 1 saturated heterocycles. The average Bonchev–Trinajstić information content (AvgIpc) is 3.20.